The third-order valence-corrected chi connectivity index (χ3v) is 4.24. The highest BCUT2D eigenvalue weighted by molar-refractivity contribution is 5.95. The molecule has 3 rings (SSSR count). The summed E-state index contributed by atoms with van der Waals surface area (Å²) in [6.45, 7) is 0.749. The maximum atomic E-state index is 12.6. The molecule has 0 N–H and O–H groups in total. The molecule has 0 aromatic heterocycles. The molecule has 4 nitrogen and oxygen atoms in total. The number of ether oxygens (including phenoxy) is 2. The highest BCUT2D eigenvalue weighted by atomic mass is 16.5. The summed E-state index contributed by atoms with van der Waals surface area (Å²) in [4.78, 5) is 14.4. The molecule has 120 valence electrons. The van der Waals surface area contributed by atoms with Gasteiger partial charge in [0.15, 0.2) is 0 Å². The SMILES string of the molecule is COc1cccc(CCC(=O)N2CCc3cc(OC)ccc32)c1. The molecule has 0 bridgehead atoms. The van der Waals surface area contributed by atoms with Crippen molar-refractivity contribution in [3.63, 3.8) is 0 Å². The van der Waals surface area contributed by atoms with E-state index in [2.05, 4.69) is 0 Å². The van der Waals surface area contributed by atoms with Crippen molar-refractivity contribution in [3.05, 3.63) is 53.6 Å². The Hall–Kier alpha value is -2.49. The fraction of sp³-hybridized carbons (Fsp3) is 0.316. The Kier molecular flexibility index (Phi) is 4.51. The van der Waals surface area contributed by atoms with Crippen LogP contribution in [0, 0.1) is 0 Å². The van der Waals surface area contributed by atoms with Crippen molar-refractivity contribution >= 4 is 11.6 Å². The summed E-state index contributed by atoms with van der Waals surface area (Å²) in [5.41, 5.74) is 3.31. The predicted molar refractivity (Wildman–Crippen MR) is 90.4 cm³/mol. The highest BCUT2D eigenvalue weighted by Crippen LogP contribution is 2.31. The smallest absolute Gasteiger partial charge is 0.227 e. The molecule has 0 saturated carbocycles. The second kappa shape index (κ2) is 6.73. The Morgan fingerprint density at radius 2 is 1.87 bits per heavy atom. The second-order valence-electron chi connectivity index (χ2n) is 5.64. The number of nitrogens with zero attached hydrogens (tertiary/aromatic N) is 1. The van der Waals surface area contributed by atoms with E-state index < -0.39 is 0 Å². The van der Waals surface area contributed by atoms with E-state index in [1.54, 1.807) is 14.2 Å². The van der Waals surface area contributed by atoms with Crippen LogP contribution >= 0.6 is 0 Å². The zero-order valence-corrected chi connectivity index (χ0v) is 13.5. The highest BCUT2D eigenvalue weighted by Gasteiger charge is 2.24. The number of hydrogen-bond donors (Lipinski definition) is 0. The molecule has 0 aliphatic carbocycles. The third-order valence-electron chi connectivity index (χ3n) is 4.24. The van der Waals surface area contributed by atoms with Gasteiger partial charge in [-0.2, -0.15) is 0 Å². The molecular weight excluding hydrogens is 290 g/mol. The summed E-state index contributed by atoms with van der Waals surface area (Å²) in [5.74, 6) is 1.83. The lowest BCUT2D eigenvalue weighted by Crippen LogP contribution is -2.29. The van der Waals surface area contributed by atoms with Crippen LogP contribution in [0.1, 0.15) is 17.5 Å². The lowest BCUT2D eigenvalue weighted by molar-refractivity contribution is -0.118. The molecule has 1 amide bonds. The Balaban J connectivity index is 1.66. The maximum absolute atomic E-state index is 12.6. The number of anilines is 1. The number of aryl methyl sites for hydroxylation is 1. The number of amides is 1. The van der Waals surface area contributed by atoms with Crippen LogP contribution in [0.25, 0.3) is 0 Å². The van der Waals surface area contributed by atoms with Gasteiger partial charge in [0.2, 0.25) is 5.91 Å². The normalized spacial score (nSPS) is 12.9. The van der Waals surface area contributed by atoms with E-state index >= 15 is 0 Å². The van der Waals surface area contributed by atoms with Crippen LogP contribution in [0.15, 0.2) is 42.5 Å². The minimum Gasteiger partial charge on any atom is -0.497 e. The number of methoxy groups -OCH3 is 2. The van der Waals surface area contributed by atoms with Crippen LogP contribution in [0.2, 0.25) is 0 Å². The molecular formula is C19H21NO3. The number of carbonyl (C=O) groups excluding carboxylic acids is 1. The van der Waals surface area contributed by atoms with Crippen molar-refractivity contribution in [2.24, 2.45) is 0 Å². The van der Waals surface area contributed by atoms with Crippen molar-refractivity contribution in [2.45, 2.75) is 19.3 Å². The summed E-state index contributed by atoms with van der Waals surface area (Å²) < 4.78 is 10.5. The molecule has 0 spiro atoms. The zero-order valence-electron chi connectivity index (χ0n) is 13.5. The predicted octanol–water partition coefficient (Wildman–Crippen LogP) is 3.23. The minimum atomic E-state index is 0.164. The molecule has 0 unspecified atom stereocenters. The topological polar surface area (TPSA) is 38.8 Å². The first-order valence-electron chi connectivity index (χ1n) is 7.81. The van der Waals surface area contributed by atoms with Crippen LogP contribution in [0.4, 0.5) is 5.69 Å². The molecule has 0 saturated heterocycles. The zero-order chi connectivity index (χ0) is 16.2. The van der Waals surface area contributed by atoms with Gasteiger partial charge in [-0.3, -0.25) is 4.79 Å². The number of benzene rings is 2. The van der Waals surface area contributed by atoms with Gasteiger partial charge in [-0.1, -0.05) is 12.1 Å². The minimum absolute atomic E-state index is 0.164. The molecule has 0 radical (unpaired) electrons. The number of hydrogen-bond acceptors (Lipinski definition) is 3. The average Bonchev–Trinajstić information content (AvgIpc) is 3.02. The summed E-state index contributed by atoms with van der Waals surface area (Å²) in [5, 5.41) is 0. The second-order valence-corrected chi connectivity index (χ2v) is 5.64. The standard InChI is InChI=1S/C19H21NO3/c1-22-16-5-3-4-14(12-16)6-9-19(21)20-11-10-15-13-17(23-2)7-8-18(15)20/h3-5,7-8,12-13H,6,9-11H2,1-2H3. The van der Waals surface area contributed by atoms with Gasteiger partial charge in [0.1, 0.15) is 11.5 Å². The van der Waals surface area contributed by atoms with Crippen molar-refractivity contribution in [1.29, 1.82) is 0 Å². The van der Waals surface area contributed by atoms with Crippen LogP contribution in [0.5, 0.6) is 11.5 Å². The fourth-order valence-corrected chi connectivity index (χ4v) is 2.98. The van der Waals surface area contributed by atoms with E-state index in [-0.39, 0.29) is 5.91 Å². The van der Waals surface area contributed by atoms with E-state index in [1.165, 1.54) is 5.56 Å². The molecule has 1 aliphatic rings. The van der Waals surface area contributed by atoms with Crippen LogP contribution in [-0.4, -0.2) is 26.7 Å². The molecule has 1 heterocycles. The first-order chi connectivity index (χ1) is 11.2. The summed E-state index contributed by atoms with van der Waals surface area (Å²) in [6.07, 6.45) is 2.11. The van der Waals surface area contributed by atoms with Gasteiger partial charge < -0.3 is 14.4 Å². The monoisotopic (exact) mass is 311 g/mol. The van der Waals surface area contributed by atoms with Gasteiger partial charge in [0, 0.05) is 18.7 Å². The number of carbonyl (C=O) groups is 1. The Morgan fingerprint density at radius 3 is 2.65 bits per heavy atom. The van der Waals surface area contributed by atoms with Crippen LogP contribution in [0.3, 0.4) is 0 Å². The molecule has 0 atom stereocenters. The summed E-state index contributed by atoms with van der Waals surface area (Å²) in [7, 11) is 3.31. The Morgan fingerprint density at radius 1 is 1.09 bits per heavy atom. The van der Waals surface area contributed by atoms with E-state index in [4.69, 9.17) is 9.47 Å². The van der Waals surface area contributed by atoms with Crippen molar-refractivity contribution < 1.29 is 14.3 Å². The molecule has 23 heavy (non-hydrogen) atoms. The number of fused-ring (bicyclic) bond motifs is 1. The fourth-order valence-electron chi connectivity index (χ4n) is 2.98. The lowest BCUT2D eigenvalue weighted by atomic mass is 10.1. The lowest BCUT2D eigenvalue weighted by Gasteiger charge is -2.17. The first kappa shape index (κ1) is 15.4. The van der Waals surface area contributed by atoms with Gasteiger partial charge in [0.25, 0.3) is 0 Å². The molecule has 4 heteroatoms. The number of rotatable bonds is 5. The van der Waals surface area contributed by atoms with Crippen molar-refractivity contribution in [1.82, 2.24) is 0 Å². The Labute approximate surface area is 136 Å². The van der Waals surface area contributed by atoms with Gasteiger partial charge in [-0.15, -0.1) is 0 Å². The molecule has 2 aromatic carbocycles. The molecule has 1 aliphatic heterocycles. The molecule has 0 fully saturated rings. The Bertz CT molecular complexity index is 712. The van der Waals surface area contributed by atoms with E-state index in [0.29, 0.717) is 6.42 Å². The van der Waals surface area contributed by atoms with Crippen molar-refractivity contribution in [2.75, 3.05) is 25.7 Å². The van der Waals surface area contributed by atoms with E-state index in [9.17, 15) is 4.79 Å². The van der Waals surface area contributed by atoms with Crippen LogP contribution < -0.4 is 14.4 Å². The van der Waals surface area contributed by atoms with Gasteiger partial charge >= 0.3 is 0 Å². The van der Waals surface area contributed by atoms with E-state index in [1.807, 2.05) is 47.4 Å². The molecule has 2 aromatic rings. The average molecular weight is 311 g/mol. The van der Waals surface area contributed by atoms with Gasteiger partial charge in [0.05, 0.1) is 14.2 Å². The quantitative estimate of drug-likeness (QED) is 0.851. The maximum Gasteiger partial charge on any atom is 0.227 e. The van der Waals surface area contributed by atoms with Crippen molar-refractivity contribution in [3.8, 4) is 11.5 Å². The third kappa shape index (κ3) is 3.31. The van der Waals surface area contributed by atoms with Gasteiger partial charge in [-0.25, -0.2) is 0 Å². The van der Waals surface area contributed by atoms with E-state index in [0.717, 1.165) is 42.1 Å². The van der Waals surface area contributed by atoms with Gasteiger partial charge in [-0.05, 0) is 54.3 Å². The first-order valence-corrected chi connectivity index (χ1v) is 7.81. The summed E-state index contributed by atoms with van der Waals surface area (Å²) in [6, 6.07) is 13.8. The van der Waals surface area contributed by atoms with Crippen LogP contribution in [-0.2, 0) is 17.6 Å². The largest absolute Gasteiger partial charge is 0.497 e. The summed E-state index contributed by atoms with van der Waals surface area (Å²) >= 11 is 0.